The van der Waals surface area contributed by atoms with Gasteiger partial charge >= 0.3 is 0 Å². The molecule has 0 unspecified atom stereocenters. The largest absolute Gasteiger partial charge is 0.453 e. The molecular weight excluding hydrogens is 440 g/mol. The van der Waals surface area contributed by atoms with Crippen LogP contribution in [0, 0.1) is 6.92 Å². The average Bonchev–Trinajstić information content (AvgIpc) is 3.41. The van der Waals surface area contributed by atoms with E-state index in [0.29, 0.717) is 17.3 Å². The van der Waals surface area contributed by atoms with Crippen molar-refractivity contribution in [1.29, 1.82) is 0 Å². The van der Waals surface area contributed by atoms with E-state index in [1.54, 1.807) is 6.20 Å². The van der Waals surface area contributed by atoms with Crippen LogP contribution in [0.2, 0.25) is 0 Å². The van der Waals surface area contributed by atoms with Gasteiger partial charge in [0.25, 0.3) is 0 Å². The number of carbonyl (C=O) groups excluding carboxylic acids is 1. The first-order chi connectivity index (χ1) is 14.2. The lowest BCUT2D eigenvalue weighted by molar-refractivity contribution is -0.127. The fourth-order valence-electron chi connectivity index (χ4n) is 3.01. The fourth-order valence-corrected chi connectivity index (χ4v) is 4.49. The molecule has 4 rings (SSSR count). The molecule has 30 heavy (non-hydrogen) atoms. The number of likely N-dealkylation sites (tertiary alicyclic amines) is 1. The van der Waals surface area contributed by atoms with Gasteiger partial charge in [0, 0.05) is 29.6 Å². The first kappa shape index (κ1) is 22.4. The Morgan fingerprint density at radius 3 is 2.73 bits per heavy atom. The summed E-state index contributed by atoms with van der Waals surface area (Å²) in [7, 11) is 0. The number of amides is 1. The van der Waals surface area contributed by atoms with Crippen molar-refractivity contribution < 1.29 is 9.53 Å². The molecule has 1 aliphatic heterocycles. The molecule has 1 N–H and O–H groups in total. The molecule has 0 spiro atoms. The van der Waals surface area contributed by atoms with E-state index in [9.17, 15) is 4.79 Å². The SMILES string of the molecule is Cc1csc(Nc2ncc(SCC(=O)N3CCCC3)cc2Oc2ccccc2)n1.Cl. The van der Waals surface area contributed by atoms with Crippen LogP contribution in [0.5, 0.6) is 11.5 Å². The maximum absolute atomic E-state index is 12.3. The summed E-state index contributed by atoms with van der Waals surface area (Å²) in [5, 5.41) is 5.98. The lowest BCUT2D eigenvalue weighted by Gasteiger charge is -2.15. The molecular formula is C21H23ClN4O2S2. The lowest BCUT2D eigenvalue weighted by Crippen LogP contribution is -2.29. The molecule has 1 fully saturated rings. The third-order valence-corrected chi connectivity index (χ3v) is 6.29. The average molecular weight is 463 g/mol. The van der Waals surface area contributed by atoms with E-state index >= 15 is 0 Å². The normalized spacial score (nSPS) is 13.0. The van der Waals surface area contributed by atoms with Gasteiger partial charge in [-0.3, -0.25) is 4.79 Å². The molecule has 3 aromatic rings. The Hall–Kier alpha value is -2.29. The Morgan fingerprint density at radius 2 is 2.03 bits per heavy atom. The first-order valence-corrected chi connectivity index (χ1v) is 11.4. The van der Waals surface area contributed by atoms with Crippen molar-refractivity contribution >= 4 is 52.4 Å². The van der Waals surface area contributed by atoms with Gasteiger partial charge in [-0.25, -0.2) is 9.97 Å². The van der Waals surface area contributed by atoms with Crippen molar-refractivity contribution in [3.63, 3.8) is 0 Å². The number of halogens is 1. The summed E-state index contributed by atoms with van der Waals surface area (Å²) in [6, 6.07) is 11.5. The number of rotatable bonds is 7. The van der Waals surface area contributed by atoms with E-state index in [1.165, 1.54) is 23.1 Å². The Kier molecular flexibility index (Phi) is 7.95. The quantitative estimate of drug-likeness (QED) is 0.466. The lowest BCUT2D eigenvalue weighted by atomic mass is 10.3. The van der Waals surface area contributed by atoms with Crippen molar-refractivity contribution in [2.24, 2.45) is 0 Å². The van der Waals surface area contributed by atoms with Crippen LogP contribution in [-0.2, 0) is 4.79 Å². The highest BCUT2D eigenvalue weighted by Crippen LogP contribution is 2.34. The van der Waals surface area contributed by atoms with E-state index < -0.39 is 0 Å². The predicted molar refractivity (Wildman–Crippen MR) is 125 cm³/mol. The maximum atomic E-state index is 12.3. The monoisotopic (exact) mass is 462 g/mol. The smallest absolute Gasteiger partial charge is 0.232 e. The van der Waals surface area contributed by atoms with E-state index in [1.807, 2.05) is 53.6 Å². The highest BCUT2D eigenvalue weighted by molar-refractivity contribution is 8.00. The summed E-state index contributed by atoms with van der Waals surface area (Å²) in [5.74, 6) is 2.51. The third kappa shape index (κ3) is 5.87. The topological polar surface area (TPSA) is 67.4 Å². The van der Waals surface area contributed by atoms with E-state index in [-0.39, 0.29) is 18.3 Å². The van der Waals surface area contributed by atoms with Crippen molar-refractivity contribution in [3.05, 3.63) is 53.7 Å². The molecule has 0 radical (unpaired) electrons. The number of nitrogens with zero attached hydrogens (tertiary/aromatic N) is 3. The summed E-state index contributed by atoms with van der Waals surface area (Å²) >= 11 is 3.00. The number of thioether (sulfide) groups is 1. The van der Waals surface area contributed by atoms with E-state index in [4.69, 9.17) is 4.74 Å². The van der Waals surface area contributed by atoms with Gasteiger partial charge in [-0.15, -0.1) is 35.5 Å². The number of nitrogens with one attached hydrogen (secondary N) is 1. The Morgan fingerprint density at radius 1 is 1.27 bits per heavy atom. The van der Waals surface area contributed by atoms with Gasteiger partial charge in [0.1, 0.15) is 5.75 Å². The summed E-state index contributed by atoms with van der Waals surface area (Å²) in [5.41, 5.74) is 0.954. The molecule has 0 bridgehead atoms. The van der Waals surface area contributed by atoms with E-state index in [2.05, 4.69) is 15.3 Å². The van der Waals surface area contributed by atoms with Crippen LogP contribution in [-0.4, -0.2) is 39.6 Å². The molecule has 1 aliphatic rings. The number of hydrogen-bond acceptors (Lipinski definition) is 7. The molecule has 1 aromatic carbocycles. The Balaban J connectivity index is 0.00000256. The second-order valence-corrected chi connectivity index (χ2v) is 8.64. The molecule has 1 saturated heterocycles. The molecule has 9 heteroatoms. The van der Waals surface area contributed by atoms with Crippen LogP contribution in [0.25, 0.3) is 0 Å². The number of para-hydroxylation sites is 1. The van der Waals surface area contributed by atoms with Gasteiger partial charge in [-0.1, -0.05) is 18.2 Å². The number of hydrogen-bond donors (Lipinski definition) is 1. The van der Waals surface area contributed by atoms with Crippen LogP contribution in [0.1, 0.15) is 18.5 Å². The van der Waals surface area contributed by atoms with Crippen LogP contribution in [0.15, 0.2) is 52.9 Å². The number of benzene rings is 1. The number of ether oxygens (including phenoxy) is 1. The second kappa shape index (κ2) is 10.7. The van der Waals surface area contributed by atoms with Crippen LogP contribution < -0.4 is 10.1 Å². The van der Waals surface area contributed by atoms with Gasteiger partial charge in [0.2, 0.25) is 5.91 Å². The van der Waals surface area contributed by atoms with Crippen LogP contribution >= 0.6 is 35.5 Å². The highest BCUT2D eigenvalue weighted by atomic mass is 35.5. The Bertz CT molecular complexity index is 978. The predicted octanol–water partition coefficient (Wildman–Crippen LogP) is 5.52. The number of aryl methyl sites for hydroxylation is 1. The molecule has 0 aliphatic carbocycles. The number of pyridine rings is 1. The number of carbonyl (C=O) groups is 1. The van der Waals surface area contributed by atoms with Gasteiger partial charge < -0.3 is 15.0 Å². The van der Waals surface area contributed by atoms with Crippen molar-refractivity contribution in [3.8, 4) is 11.5 Å². The van der Waals surface area contributed by atoms with Gasteiger partial charge in [-0.05, 0) is 38.0 Å². The number of aromatic nitrogens is 2. The van der Waals surface area contributed by atoms with Crippen LogP contribution in [0.3, 0.4) is 0 Å². The van der Waals surface area contributed by atoms with Gasteiger partial charge in [0.05, 0.1) is 11.4 Å². The third-order valence-electron chi connectivity index (χ3n) is 4.46. The summed E-state index contributed by atoms with van der Waals surface area (Å²) < 4.78 is 6.08. The molecule has 0 saturated carbocycles. The molecule has 6 nitrogen and oxygen atoms in total. The first-order valence-electron chi connectivity index (χ1n) is 9.50. The minimum atomic E-state index is 0. The summed E-state index contributed by atoms with van der Waals surface area (Å²) in [6.45, 7) is 3.69. The van der Waals surface area contributed by atoms with Gasteiger partial charge in [0.15, 0.2) is 16.7 Å². The molecule has 158 valence electrons. The molecule has 3 heterocycles. The minimum absolute atomic E-state index is 0. The fraction of sp³-hybridized carbons (Fsp3) is 0.286. The molecule has 1 amide bonds. The Labute approximate surface area is 190 Å². The molecule has 2 aromatic heterocycles. The number of thiazole rings is 1. The summed E-state index contributed by atoms with van der Waals surface area (Å²) in [4.78, 5) is 24.1. The second-order valence-electron chi connectivity index (χ2n) is 6.73. The van der Waals surface area contributed by atoms with Gasteiger partial charge in [-0.2, -0.15) is 0 Å². The zero-order valence-electron chi connectivity index (χ0n) is 16.5. The summed E-state index contributed by atoms with van der Waals surface area (Å²) in [6.07, 6.45) is 3.97. The standard InChI is InChI=1S/C21H22N4O2S2.ClH/c1-15-13-29-21(23-15)24-20-18(27-16-7-3-2-4-8-16)11-17(12-22-20)28-14-19(26)25-9-5-6-10-25;/h2-4,7-8,11-13H,5-6,9-10,14H2,1H3,(H,22,23,24);1H. The zero-order chi connectivity index (χ0) is 20.1. The molecule has 0 atom stereocenters. The van der Waals surface area contributed by atoms with Crippen molar-refractivity contribution in [2.75, 3.05) is 24.2 Å². The highest BCUT2D eigenvalue weighted by Gasteiger charge is 2.18. The van der Waals surface area contributed by atoms with Crippen molar-refractivity contribution in [1.82, 2.24) is 14.9 Å². The van der Waals surface area contributed by atoms with Crippen LogP contribution in [0.4, 0.5) is 10.9 Å². The minimum Gasteiger partial charge on any atom is -0.453 e. The maximum Gasteiger partial charge on any atom is 0.232 e. The van der Waals surface area contributed by atoms with E-state index in [0.717, 1.165) is 47.4 Å². The number of anilines is 2. The van der Waals surface area contributed by atoms with Crippen molar-refractivity contribution in [2.45, 2.75) is 24.7 Å². The zero-order valence-corrected chi connectivity index (χ0v) is 19.0.